The van der Waals surface area contributed by atoms with Gasteiger partial charge in [-0.25, -0.2) is 0 Å². The fourth-order valence-corrected chi connectivity index (χ4v) is 0.953. The first-order valence-corrected chi connectivity index (χ1v) is 5.53. The average Bonchev–Trinajstić information content (AvgIpc) is 2.13. The van der Waals surface area contributed by atoms with Gasteiger partial charge in [0.2, 0.25) is 0 Å². The lowest BCUT2D eigenvalue weighted by molar-refractivity contribution is -0.156. The van der Waals surface area contributed by atoms with Crippen LogP contribution in [0.2, 0.25) is 0 Å². The van der Waals surface area contributed by atoms with E-state index < -0.39 is 5.60 Å². The van der Waals surface area contributed by atoms with Crippen molar-refractivity contribution in [3.05, 3.63) is 0 Å². The molecule has 0 unspecified atom stereocenters. The third-order valence-electron chi connectivity index (χ3n) is 1.50. The van der Waals surface area contributed by atoms with E-state index in [-0.39, 0.29) is 12.4 Å². The Bertz CT molecular complexity index is 189. The number of ether oxygens (including phenoxy) is 3. The van der Waals surface area contributed by atoms with Crippen molar-refractivity contribution >= 4 is 5.97 Å². The van der Waals surface area contributed by atoms with Gasteiger partial charge >= 0.3 is 5.97 Å². The minimum Gasteiger partial charge on any atom is -0.460 e. The molecule has 0 radical (unpaired) electrons. The summed E-state index contributed by atoms with van der Waals surface area (Å²) >= 11 is 0. The van der Waals surface area contributed by atoms with Crippen LogP contribution in [-0.2, 0) is 19.0 Å². The van der Waals surface area contributed by atoms with Gasteiger partial charge in [-0.3, -0.25) is 4.79 Å². The highest BCUT2D eigenvalue weighted by molar-refractivity contribution is 5.69. The molecule has 0 rings (SSSR count). The topological polar surface area (TPSA) is 70.8 Å². The number of hydrogen-bond donors (Lipinski definition) is 1. The highest BCUT2D eigenvalue weighted by atomic mass is 16.6. The molecule has 0 aliphatic heterocycles. The average molecular weight is 233 g/mol. The maximum Gasteiger partial charge on any atom is 0.308 e. The summed E-state index contributed by atoms with van der Waals surface area (Å²) in [6, 6.07) is 0. The van der Waals surface area contributed by atoms with Crippen LogP contribution in [-0.4, -0.2) is 44.5 Å². The molecule has 0 spiro atoms. The molecule has 96 valence electrons. The third kappa shape index (κ3) is 11.4. The van der Waals surface area contributed by atoms with Crippen molar-refractivity contribution in [3.63, 3.8) is 0 Å². The highest BCUT2D eigenvalue weighted by Gasteiger charge is 2.15. The minimum atomic E-state index is -0.429. The fraction of sp³-hybridized carbons (Fsp3) is 0.909. The van der Waals surface area contributed by atoms with Crippen LogP contribution in [0.15, 0.2) is 0 Å². The lowest BCUT2D eigenvalue weighted by Crippen LogP contribution is -2.24. The molecule has 0 aromatic rings. The molecule has 0 atom stereocenters. The number of hydrogen-bond acceptors (Lipinski definition) is 5. The molecule has 0 heterocycles. The minimum absolute atomic E-state index is 0.240. The molecule has 5 nitrogen and oxygen atoms in total. The number of carbonyl (C=O) groups is 1. The summed E-state index contributed by atoms with van der Waals surface area (Å²) in [6.07, 6.45) is 0.272. The Kier molecular flexibility index (Phi) is 8.15. The van der Waals surface area contributed by atoms with Crippen molar-refractivity contribution in [2.24, 2.45) is 5.73 Å². The van der Waals surface area contributed by atoms with Crippen molar-refractivity contribution in [1.29, 1.82) is 0 Å². The first kappa shape index (κ1) is 15.3. The van der Waals surface area contributed by atoms with Crippen molar-refractivity contribution < 1.29 is 19.0 Å². The fourth-order valence-electron chi connectivity index (χ4n) is 0.953. The van der Waals surface area contributed by atoms with Gasteiger partial charge in [-0.2, -0.15) is 0 Å². The summed E-state index contributed by atoms with van der Waals surface area (Å²) in [4.78, 5) is 11.2. The quantitative estimate of drug-likeness (QED) is 0.494. The Morgan fingerprint density at radius 3 is 2.12 bits per heavy atom. The van der Waals surface area contributed by atoms with E-state index >= 15 is 0 Å². The number of rotatable bonds is 8. The molecule has 0 aromatic heterocycles. The monoisotopic (exact) mass is 233 g/mol. The van der Waals surface area contributed by atoms with Gasteiger partial charge in [0.1, 0.15) is 5.60 Å². The maximum absolute atomic E-state index is 11.2. The number of esters is 1. The van der Waals surface area contributed by atoms with E-state index in [0.29, 0.717) is 33.0 Å². The summed E-state index contributed by atoms with van der Waals surface area (Å²) in [7, 11) is 0. The summed E-state index contributed by atoms with van der Waals surface area (Å²) in [5, 5.41) is 0. The SMILES string of the molecule is CC(C)(C)OC(=O)CCOCCOCCN. The zero-order chi connectivity index (χ0) is 12.4. The van der Waals surface area contributed by atoms with E-state index in [9.17, 15) is 4.79 Å². The molecule has 16 heavy (non-hydrogen) atoms. The smallest absolute Gasteiger partial charge is 0.308 e. The van der Waals surface area contributed by atoms with Gasteiger partial charge in [-0.05, 0) is 20.8 Å². The Balaban J connectivity index is 3.28. The molecular formula is C11H23NO4. The molecular weight excluding hydrogens is 210 g/mol. The summed E-state index contributed by atoms with van der Waals surface area (Å²) in [5.41, 5.74) is 4.81. The molecule has 0 fully saturated rings. The highest BCUT2D eigenvalue weighted by Crippen LogP contribution is 2.07. The van der Waals surface area contributed by atoms with Crippen molar-refractivity contribution in [3.8, 4) is 0 Å². The van der Waals surface area contributed by atoms with E-state index in [4.69, 9.17) is 19.9 Å². The maximum atomic E-state index is 11.2. The van der Waals surface area contributed by atoms with Gasteiger partial charge in [-0.15, -0.1) is 0 Å². The van der Waals surface area contributed by atoms with E-state index in [2.05, 4.69) is 0 Å². The van der Waals surface area contributed by atoms with E-state index in [1.807, 2.05) is 20.8 Å². The van der Waals surface area contributed by atoms with Gasteiger partial charge in [0.25, 0.3) is 0 Å². The third-order valence-corrected chi connectivity index (χ3v) is 1.50. The van der Waals surface area contributed by atoms with Crippen molar-refractivity contribution in [2.75, 3.05) is 33.0 Å². The number of nitrogens with two attached hydrogens (primary N) is 1. The van der Waals surface area contributed by atoms with Gasteiger partial charge < -0.3 is 19.9 Å². The Morgan fingerprint density at radius 2 is 1.62 bits per heavy atom. The second kappa shape index (κ2) is 8.50. The lowest BCUT2D eigenvalue weighted by atomic mass is 10.2. The van der Waals surface area contributed by atoms with Gasteiger partial charge in [0.05, 0.1) is 32.8 Å². The number of carbonyl (C=O) groups excluding carboxylic acids is 1. The molecule has 0 bridgehead atoms. The van der Waals surface area contributed by atoms with Crippen molar-refractivity contribution in [2.45, 2.75) is 32.8 Å². The second-order valence-electron chi connectivity index (χ2n) is 4.35. The predicted molar refractivity (Wildman–Crippen MR) is 61.2 cm³/mol. The van der Waals surface area contributed by atoms with Crippen LogP contribution >= 0.6 is 0 Å². The molecule has 5 heteroatoms. The molecule has 0 saturated heterocycles. The lowest BCUT2D eigenvalue weighted by Gasteiger charge is -2.19. The van der Waals surface area contributed by atoms with Crippen LogP contribution in [0.4, 0.5) is 0 Å². The first-order valence-electron chi connectivity index (χ1n) is 5.53. The van der Waals surface area contributed by atoms with Crippen molar-refractivity contribution in [1.82, 2.24) is 0 Å². The molecule has 0 aromatic carbocycles. The Hall–Kier alpha value is -0.650. The Morgan fingerprint density at radius 1 is 1.06 bits per heavy atom. The van der Waals surface area contributed by atoms with E-state index in [0.717, 1.165) is 0 Å². The predicted octanol–water partition coefficient (Wildman–Crippen LogP) is 0.710. The van der Waals surface area contributed by atoms with Crippen LogP contribution in [0.5, 0.6) is 0 Å². The van der Waals surface area contributed by atoms with Gasteiger partial charge in [0, 0.05) is 6.54 Å². The zero-order valence-electron chi connectivity index (χ0n) is 10.5. The van der Waals surface area contributed by atoms with Gasteiger partial charge in [-0.1, -0.05) is 0 Å². The van der Waals surface area contributed by atoms with Gasteiger partial charge in [0.15, 0.2) is 0 Å². The summed E-state index contributed by atoms with van der Waals surface area (Å²) in [5.74, 6) is -0.240. The molecule has 0 saturated carbocycles. The molecule has 0 amide bonds. The van der Waals surface area contributed by atoms with E-state index in [1.165, 1.54) is 0 Å². The Labute approximate surface area is 97.2 Å². The molecule has 2 N–H and O–H groups in total. The normalized spacial score (nSPS) is 11.5. The van der Waals surface area contributed by atoms with Crippen LogP contribution in [0.3, 0.4) is 0 Å². The first-order chi connectivity index (χ1) is 7.45. The van der Waals surface area contributed by atoms with E-state index in [1.54, 1.807) is 0 Å². The molecule has 0 aliphatic carbocycles. The zero-order valence-corrected chi connectivity index (χ0v) is 10.5. The van der Waals surface area contributed by atoms with Crippen LogP contribution in [0, 0.1) is 0 Å². The second-order valence-corrected chi connectivity index (χ2v) is 4.35. The summed E-state index contributed by atoms with van der Waals surface area (Å²) < 4.78 is 15.4. The molecule has 0 aliphatic rings. The van der Waals surface area contributed by atoms with Crippen LogP contribution < -0.4 is 5.73 Å². The summed E-state index contributed by atoms with van der Waals surface area (Å²) in [6.45, 7) is 7.91. The van der Waals surface area contributed by atoms with Crippen LogP contribution in [0.25, 0.3) is 0 Å². The van der Waals surface area contributed by atoms with Crippen LogP contribution in [0.1, 0.15) is 27.2 Å². The standard InChI is InChI=1S/C11H23NO4/c1-11(2,3)16-10(13)4-6-14-8-9-15-7-5-12/h4-9,12H2,1-3H3. The largest absolute Gasteiger partial charge is 0.460 e.